The van der Waals surface area contributed by atoms with E-state index in [2.05, 4.69) is 10.6 Å². The molecule has 0 aromatic heterocycles. The minimum atomic E-state index is -3.07. The zero-order chi connectivity index (χ0) is 15.6. The third-order valence-electron chi connectivity index (χ3n) is 3.36. The first-order chi connectivity index (χ1) is 9.77. The van der Waals surface area contributed by atoms with Crippen LogP contribution in [0.2, 0.25) is 0 Å². The molecule has 2 atom stereocenters. The fourth-order valence-corrected chi connectivity index (χ4v) is 3.87. The molecule has 1 fully saturated rings. The summed E-state index contributed by atoms with van der Waals surface area (Å²) in [5.74, 6) is -1.94. The Hall–Kier alpha value is -1.70. The van der Waals surface area contributed by atoms with Gasteiger partial charge in [-0.1, -0.05) is 6.07 Å². The van der Waals surface area contributed by atoms with Crippen molar-refractivity contribution in [1.82, 2.24) is 10.6 Å². The molecule has 1 aliphatic heterocycles. The summed E-state index contributed by atoms with van der Waals surface area (Å²) in [7, 11) is -3.07. The van der Waals surface area contributed by atoms with Crippen LogP contribution in [0.3, 0.4) is 0 Å². The Balaban J connectivity index is 1.91. The number of urea groups is 1. The normalized spacial score (nSPS) is 21.8. The first kappa shape index (κ1) is 15.7. The van der Waals surface area contributed by atoms with Gasteiger partial charge in [-0.3, -0.25) is 0 Å². The molecule has 1 aliphatic rings. The smallest absolute Gasteiger partial charge is 0.315 e. The number of hydrogen-bond acceptors (Lipinski definition) is 3. The van der Waals surface area contributed by atoms with Crippen LogP contribution in [0, 0.1) is 11.6 Å². The second-order valence-electron chi connectivity index (χ2n) is 5.11. The van der Waals surface area contributed by atoms with Gasteiger partial charge in [0.05, 0.1) is 17.5 Å². The number of rotatable bonds is 3. The van der Waals surface area contributed by atoms with Crippen molar-refractivity contribution in [1.29, 1.82) is 0 Å². The van der Waals surface area contributed by atoms with Crippen LogP contribution in [0.1, 0.15) is 24.9 Å². The second-order valence-corrected chi connectivity index (χ2v) is 7.34. The predicted molar refractivity (Wildman–Crippen MR) is 73.5 cm³/mol. The number of carbonyl (C=O) groups excluding carboxylic acids is 1. The van der Waals surface area contributed by atoms with Crippen molar-refractivity contribution in [2.24, 2.45) is 0 Å². The Morgan fingerprint density at radius 2 is 2.05 bits per heavy atom. The topological polar surface area (TPSA) is 75.3 Å². The van der Waals surface area contributed by atoms with Gasteiger partial charge in [0.15, 0.2) is 21.5 Å². The van der Waals surface area contributed by atoms with Crippen LogP contribution in [0.25, 0.3) is 0 Å². The average Bonchev–Trinajstić information content (AvgIpc) is 2.71. The number of halogens is 2. The molecule has 2 amide bonds. The van der Waals surface area contributed by atoms with E-state index in [0.29, 0.717) is 12.0 Å². The summed E-state index contributed by atoms with van der Waals surface area (Å²) < 4.78 is 48.5. The van der Waals surface area contributed by atoms with Gasteiger partial charge in [-0.05, 0) is 31.0 Å². The molecule has 116 valence electrons. The molecule has 0 aliphatic carbocycles. The summed E-state index contributed by atoms with van der Waals surface area (Å²) in [6.07, 6.45) is 0.384. The molecule has 0 unspecified atom stereocenters. The number of amides is 2. The standard InChI is InChI=1S/C13H16F2N2O3S/c1-8(9-2-3-11(14)12(15)6-9)16-13(18)17-10-4-5-21(19,20)7-10/h2-3,6,8,10H,4-5,7H2,1H3,(H2,16,17,18)/t8-,10+/m0/s1. The molecule has 1 aromatic rings. The van der Waals surface area contributed by atoms with E-state index in [1.807, 2.05) is 0 Å². The maximum Gasteiger partial charge on any atom is 0.315 e. The van der Waals surface area contributed by atoms with E-state index in [0.717, 1.165) is 12.1 Å². The van der Waals surface area contributed by atoms with E-state index in [1.165, 1.54) is 6.07 Å². The van der Waals surface area contributed by atoms with E-state index in [4.69, 9.17) is 0 Å². The van der Waals surface area contributed by atoms with E-state index in [1.54, 1.807) is 6.92 Å². The molecular weight excluding hydrogens is 302 g/mol. The van der Waals surface area contributed by atoms with Crippen molar-refractivity contribution in [2.45, 2.75) is 25.4 Å². The summed E-state index contributed by atoms with van der Waals surface area (Å²) in [5, 5.41) is 5.13. The van der Waals surface area contributed by atoms with E-state index < -0.39 is 39.6 Å². The van der Waals surface area contributed by atoms with Gasteiger partial charge in [-0.25, -0.2) is 22.0 Å². The van der Waals surface area contributed by atoms with Gasteiger partial charge in [-0.2, -0.15) is 0 Å². The van der Waals surface area contributed by atoms with Crippen LogP contribution < -0.4 is 10.6 Å². The highest BCUT2D eigenvalue weighted by molar-refractivity contribution is 7.91. The molecule has 1 heterocycles. The van der Waals surface area contributed by atoms with Gasteiger partial charge in [0.25, 0.3) is 0 Å². The zero-order valence-corrected chi connectivity index (χ0v) is 12.2. The van der Waals surface area contributed by atoms with Crippen LogP contribution in [-0.2, 0) is 9.84 Å². The minimum Gasteiger partial charge on any atom is -0.334 e. The van der Waals surface area contributed by atoms with Crippen molar-refractivity contribution < 1.29 is 22.0 Å². The molecule has 5 nitrogen and oxygen atoms in total. The number of sulfone groups is 1. The molecule has 0 saturated carbocycles. The van der Waals surface area contributed by atoms with Gasteiger partial charge in [0.1, 0.15) is 0 Å². The third kappa shape index (κ3) is 4.13. The Labute approximate surface area is 121 Å². The van der Waals surface area contributed by atoms with Crippen LogP contribution >= 0.6 is 0 Å². The molecule has 1 saturated heterocycles. The summed E-state index contributed by atoms with van der Waals surface area (Å²) in [6.45, 7) is 1.62. The molecular formula is C13H16F2N2O3S. The summed E-state index contributed by atoms with van der Waals surface area (Å²) in [6, 6.07) is 1.91. The molecule has 2 N–H and O–H groups in total. The Morgan fingerprint density at radius 1 is 1.33 bits per heavy atom. The SMILES string of the molecule is C[C@H](NC(=O)N[C@@H]1CCS(=O)(=O)C1)c1ccc(F)c(F)c1. The molecule has 0 spiro atoms. The average molecular weight is 318 g/mol. The Kier molecular flexibility index (Phi) is 4.46. The lowest BCUT2D eigenvalue weighted by atomic mass is 10.1. The van der Waals surface area contributed by atoms with Gasteiger partial charge < -0.3 is 10.6 Å². The monoisotopic (exact) mass is 318 g/mol. The number of nitrogens with one attached hydrogen (secondary N) is 2. The number of carbonyl (C=O) groups is 1. The molecule has 1 aromatic carbocycles. The summed E-state index contributed by atoms with van der Waals surface area (Å²) in [4.78, 5) is 11.8. The fourth-order valence-electron chi connectivity index (χ4n) is 2.20. The van der Waals surface area contributed by atoms with Crippen LogP contribution in [-0.4, -0.2) is 32.0 Å². The zero-order valence-electron chi connectivity index (χ0n) is 11.4. The molecule has 8 heteroatoms. The van der Waals surface area contributed by atoms with E-state index in [-0.39, 0.29) is 11.5 Å². The maximum atomic E-state index is 13.1. The highest BCUT2D eigenvalue weighted by atomic mass is 32.2. The lowest BCUT2D eigenvalue weighted by Crippen LogP contribution is -2.43. The first-order valence-corrected chi connectivity index (χ1v) is 8.31. The van der Waals surface area contributed by atoms with E-state index >= 15 is 0 Å². The lowest BCUT2D eigenvalue weighted by Gasteiger charge is -2.17. The first-order valence-electron chi connectivity index (χ1n) is 6.49. The summed E-state index contributed by atoms with van der Waals surface area (Å²) >= 11 is 0. The number of hydrogen-bond donors (Lipinski definition) is 2. The molecule has 2 rings (SSSR count). The van der Waals surface area contributed by atoms with Crippen LogP contribution in [0.4, 0.5) is 13.6 Å². The van der Waals surface area contributed by atoms with Crippen LogP contribution in [0.15, 0.2) is 18.2 Å². The van der Waals surface area contributed by atoms with Crippen molar-refractivity contribution in [3.05, 3.63) is 35.4 Å². The maximum absolute atomic E-state index is 13.1. The van der Waals surface area contributed by atoms with Gasteiger partial charge in [0, 0.05) is 6.04 Å². The van der Waals surface area contributed by atoms with Gasteiger partial charge >= 0.3 is 6.03 Å². The summed E-state index contributed by atoms with van der Waals surface area (Å²) in [5.41, 5.74) is 0.420. The van der Waals surface area contributed by atoms with Gasteiger partial charge in [-0.15, -0.1) is 0 Å². The van der Waals surface area contributed by atoms with Crippen molar-refractivity contribution in [3.63, 3.8) is 0 Å². The van der Waals surface area contributed by atoms with Crippen molar-refractivity contribution >= 4 is 15.9 Å². The van der Waals surface area contributed by atoms with Crippen molar-refractivity contribution in [2.75, 3.05) is 11.5 Å². The Morgan fingerprint density at radius 3 is 2.62 bits per heavy atom. The second kappa shape index (κ2) is 5.97. The fraction of sp³-hybridized carbons (Fsp3) is 0.462. The molecule has 0 bridgehead atoms. The highest BCUT2D eigenvalue weighted by Crippen LogP contribution is 2.16. The van der Waals surface area contributed by atoms with E-state index in [9.17, 15) is 22.0 Å². The van der Waals surface area contributed by atoms with Gasteiger partial charge in [0.2, 0.25) is 0 Å². The third-order valence-corrected chi connectivity index (χ3v) is 5.13. The molecule has 0 radical (unpaired) electrons. The van der Waals surface area contributed by atoms with Crippen molar-refractivity contribution in [3.8, 4) is 0 Å². The van der Waals surface area contributed by atoms with Crippen LogP contribution in [0.5, 0.6) is 0 Å². The molecule has 21 heavy (non-hydrogen) atoms. The highest BCUT2D eigenvalue weighted by Gasteiger charge is 2.29. The largest absolute Gasteiger partial charge is 0.334 e. The predicted octanol–water partition coefficient (Wildman–Crippen LogP) is 1.51. The minimum absolute atomic E-state index is 0.0661. The Bertz CT molecular complexity index is 649. The lowest BCUT2D eigenvalue weighted by molar-refractivity contribution is 0.235. The quantitative estimate of drug-likeness (QED) is 0.887. The number of benzene rings is 1.